The number of thiophene rings is 1. The van der Waals surface area contributed by atoms with Crippen molar-refractivity contribution in [2.45, 2.75) is 13.8 Å². The molecule has 0 saturated carbocycles. The Morgan fingerprint density at radius 1 is 0.973 bits per heavy atom. The fourth-order valence-electron chi connectivity index (χ4n) is 4.03. The van der Waals surface area contributed by atoms with Gasteiger partial charge in [0.1, 0.15) is 34.5 Å². The Bertz CT molecular complexity index is 1330. The van der Waals surface area contributed by atoms with Crippen LogP contribution in [0.15, 0.2) is 66.7 Å². The van der Waals surface area contributed by atoms with Gasteiger partial charge in [0.25, 0.3) is 0 Å². The summed E-state index contributed by atoms with van der Waals surface area (Å²) in [5, 5.41) is 20.2. The van der Waals surface area contributed by atoms with Gasteiger partial charge in [-0.15, -0.1) is 11.3 Å². The third-order valence-corrected chi connectivity index (χ3v) is 7.07. The SMILES string of the molecule is CC.O=C(c1ccc(O)cc1)c1sc2cc(O)ccc2c1Oc1ccc(OCCN2CC(CF)C2)cc1. The maximum Gasteiger partial charge on any atom is 0.206 e. The van der Waals surface area contributed by atoms with E-state index >= 15 is 0 Å². The van der Waals surface area contributed by atoms with Gasteiger partial charge < -0.3 is 19.7 Å². The third kappa shape index (κ3) is 6.21. The maximum absolute atomic E-state index is 13.3. The normalized spacial score (nSPS) is 13.5. The van der Waals surface area contributed by atoms with Gasteiger partial charge in [-0.1, -0.05) is 13.8 Å². The van der Waals surface area contributed by atoms with E-state index in [4.69, 9.17) is 9.47 Å². The fraction of sp³-hybridized carbons (Fsp3) is 0.276. The lowest BCUT2D eigenvalue weighted by molar-refractivity contribution is 0.0668. The summed E-state index contributed by atoms with van der Waals surface area (Å²) in [6, 6.07) is 18.1. The van der Waals surface area contributed by atoms with Crippen LogP contribution in [0.25, 0.3) is 10.1 Å². The minimum absolute atomic E-state index is 0.0791. The number of fused-ring (bicyclic) bond motifs is 1. The molecule has 1 saturated heterocycles. The molecular weight excluding hydrogens is 493 g/mol. The van der Waals surface area contributed by atoms with E-state index < -0.39 is 0 Å². The van der Waals surface area contributed by atoms with Crippen molar-refractivity contribution in [2.24, 2.45) is 5.92 Å². The molecule has 0 aliphatic carbocycles. The number of phenolic OH excluding ortho intramolecular Hbond substituents is 2. The molecule has 2 N–H and O–H groups in total. The Labute approximate surface area is 219 Å². The third-order valence-electron chi connectivity index (χ3n) is 5.93. The number of halogens is 1. The van der Waals surface area contributed by atoms with Gasteiger partial charge >= 0.3 is 0 Å². The first-order chi connectivity index (χ1) is 18.0. The van der Waals surface area contributed by atoms with Crippen LogP contribution >= 0.6 is 11.3 Å². The largest absolute Gasteiger partial charge is 0.508 e. The number of nitrogens with zero attached hydrogens (tertiary/aromatic N) is 1. The summed E-state index contributed by atoms with van der Waals surface area (Å²) in [7, 11) is 0. The molecule has 1 aliphatic heterocycles. The van der Waals surface area contributed by atoms with Crippen molar-refractivity contribution >= 4 is 27.2 Å². The smallest absolute Gasteiger partial charge is 0.206 e. The summed E-state index contributed by atoms with van der Waals surface area (Å²) in [5.41, 5.74) is 0.423. The number of phenols is 2. The van der Waals surface area contributed by atoms with E-state index in [-0.39, 0.29) is 29.9 Å². The molecule has 1 fully saturated rings. The highest BCUT2D eigenvalue weighted by molar-refractivity contribution is 7.21. The zero-order chi connectivity index (χ0) is 26.4. The molecule has 4 aromatic rings. The standard InChI is InChI=1S/C27H24FNO5S.C2H6/c28-14-17-15-29(16-17)11-12-33-21-6-8-22(9-7-21)34-26-23-10-5-20(31)13-24(23)35-27(26)25(32)18-1-3-19(30)4-2-18;1-2/h1-10,13,17,30-31H,11-12,14-16H2;1-2H3. The zero-order valence-electron chi connectivity index (χ0n) is 20.8. The van der Waals surface area contributed by atoms with Crippen molar-refractivity contribution in [2.75, 3.05) is 32.9 Å². The number of aromatic hydroxyl groups is 2. The zero-order valence-corrected chi connectivity index (χ0v) is 21.6. The molecule has 3 aromatic carbocycles. The minimum Gasteiger partial charge on any atom is -0.508 e. The Morgan fingerprint density at radius 3 is 2.30 bits per heavy atom. The highest BCUT2D eigenvalue weighted by Crippen LogP contribution is 2.43. The number of carbonyl (C=O) groups excluding carboxylic acids is 1. The summed E-state index contributed by atoms with van der Waals surface area (Å²) in [5.74, 6) is 1.76. The molecule has 37 heavy (non-hydrogen) atoms. The predicted molar refractivity (Wildman–Crippen MR) is 144 cm³/mol. The number of ether oxygens (including phenoxy) is 2. The Balaban J connectivity index is 0.00000156. The Hall–Kier alpha value is -3.62. The quantitative estimate of drug-likeness (QED) is 0.239. The van der Waals surface area contributed by atoms with Crippen LogP contribution < -0.4 is 9.47 Å². The summed E-state index contributed by atoms with van der Waals surface area (Å²) in [4.78, 5) is 15.8. The van der Waals surface area contributed by atoms with E-state index in [1.54, 1.807) is 54.6 Å². The van der Waals surface area contributed by atoms with Gasteiger partial charge in [0, 0.05) is 41.2 Å². The molecule has 1 aliphatic rings. The number of ketones is 1. The van der Waals surface area contributed by atoms with E-state index in [2.05, 4.69) is 4.90 Å². The molecular formula is C29H30FNO5S. The highest BCUT2D eigenvalue weighted by atomic mass is 32.1. The monoisotopic (exact) mass is 523 g/mol. The number of rotatable bonds is 9. The molecule has 1 aromatic heterocycles. The average Bonchev–Trinajstić information content (AvgIpc) is 3.24. The maximum atomic E-state index is 13.3. The number of benzene rings is 3. The molecule has 0 unspecified atom stereocenters. The summed E-state index contributed by atoms with van der Waals surface area (Å²) in [6.07, 6.45) is 0. The van der Waals surface area contributed by atoms with Crippen LogP contribution in [-0.2, 0) is 0 Å². The first-order valence-electron chi connectivity index (χ1n) is 12.3. The molecule has 8 heteroatoms. The molecule has 0 spiro atoms. The number of likely N-dealkylation sites (tertiary alicyclic amines) is 1. The van der Waals surface area contributed by atoms with Crippen molar-refractivity contribution in [1.82, 2.24) is 4.90 Å². The molecule has 5 rings (SSSR count). The first-order valence-corrected chi connectivity index (χ1v) is 13.1. The molecule has 2 heterocycles. The van der Waals surface area contributed by atoms with Gasteiger partial charge in [0.15, 0.2) is 5.75 Å². The van der Waals surface area contributed by atoms with Crippen molar-refractivity contribution < 1.29 is 28.9 Å². The van der Waals surface area contributed by atoms with E-state index in [9.17, 15) is 19.4 Å². The number of carbonyl (C=O) groups is 1. The van der Waals surface area contributed by atoms with Crippen LogP contribution in [0.3, 0.4) is 0 Å². The van der Waals surface area contributed by atoms with Gasteiger partial charge in [-0.25, -0.2) is 0 Å². The Kier molecular flexibility index (Phi) is 8.63. The second-order valence-electron chi connectivity index (χ2n) is 8.52. The number of hydrogen-bond acceptors (Lipinski definition) is 7. The lowest BCUT2D eigenvalue weighted by Crippen LogP contribution is -2.49. The molecule has 194 valence electrons. The van der Waals surface area contributed by atoms with Gasteiger partial charge in [0.05, 0.1) is 6.67 Å². The molecule has 0 atom stereocenters. The van der Waals surface area contributed by atoms with Gasteiger partial charge in [-0.2, -0.15) is 0 Å². The van der Waals surface area contributed by atoms with Crippen molar-refractivity contribution in [1.29, 1.82) is 0 Å². The molecule has 0 bridgehead atoms. The number of hydrogen-bond donors (Lipinski definition) is 2. The van der Waals surface area contributed by atoms with Crippen molar-refractivity contribution in [3.8, 4) is 28.7 Å². The van der Waals surface area contributed by atoms with E-state index in [0.717, 1.165) is 29.7 Å². The molecule has 0 radical (unpaired) electrons. The van der Waals surface area contributed by atoms with Gasteiger partial charge in [-0.05, 0) is 66.7 Å². The summed E-state index contributed by atoms with van der Waals surface area (Å²) < 4.78 is 25.2. The van der Waals surface area contributed by atoms with E-state index in [1.165, 1.54) is 23.5 Å². The van der Waals surface area contributed by atoms with Crippen LogP contribution in [-0.4, -0.2) is 53.8 Å². The fourth-order valence-corrected chi connectivity index (χ4v) is 5.15. The second kappa shape index (κ2) is 12.1. The minimum atomic E-state index is -0.262. The molecule has 6 nitrogen and oxygen atoms in total. The lowest BCUT2D eigenvalue weighted by atomic mass is 10.0. The van der Waals surface area contributed by atoms with Crippen LogP contribution in [0.4, 0.5) is 4.39 Å². The second-order valence-corrected chi connectivity index (χ2v) is 9.57. The average molecular weight is 524 g/mol. The van der Waals surface area contributed by atoms with Crippen molar-refractivity contribution in [3.05, 3.63) is 77.2 Å². The van der Waals surface area contributed by atoms with E-state index in [1.807, 2.05) is 13.8 Å². The van der Waals surface area contributed by atoms with Crippen LogP contribution in [0.2, 0.25) is 0 Å². The summed E-state index contributed by atoms with van der Waals surface area (Å²) in [6.45, 7) is 6.57. The topological polar surface area (TPSA) is 79.2 Å². The molecule has 0 amide bonds. The van der Waals surface area contributed by atoms with Crippen LogP contribution in [0.5, 0.6) is 28.7 Å². The highest BCUT2D eigenvalue weighted by Gasteiger charge is 2.26. The lowest BCUT2D eigenvalue weighted by Gasteiger charge is -2.37. The van der Waals surface area contributed by atoms with Gasteiger partial charge in [0.2, 0.25) is 5.78 Å². The van der Waals surface area contributed by atoms with Gasteiger partial charge in [-0.3, -0.25) is 14.1 Å². The van der Waals surface area contributed by atoms with Crippen molar-refractivity contribution in [3.63, 3.8) is 0 Å². The first kappa shape index (κ1) is 26.4. The van der Waals surface area contributed by atoms with Crippen LogP contribution in [0.1, 0.15) is 29.1 Å². The predicted octanol–water partition coefficient (Wildman–Crippen LogP) is 6.64. The summed E-state index contributed by atoms with van der Waals surface area (Å²) >= 11 is 1.24. The van der Waals surface area contributed by atoms with Crippen LogP contribution in [0, 0.1) is 5.92 Å². The number of alkyl halides is 1. The van der Waals surface area contributed by atoms with E-state index in [0.29, 0.717) is 34.3 Å². The Morgan fingerprint density at radius 2 is 1.62 bits per heavy atom.